The molecule has 8 heteroatoms. The van der Waals surface area contributed by atoms with Crippen molar-refractivity contribution in [3.05, 3.63) is 69.7 Å². The van der Waals surface area contributed by atoms with Crippen LogP contribution in [0.4, 0.5) is 5.69 Å². The lowest BCUT2D eigenvalue weighted by Crippen LogP contribution is -2.39. The summed E-state index contributed by atoms with van der Waals surface area (Å²) in [5, 5.41) is 4.46. The Bertz CT molecular complexity index is 1110. The molecule has 1 atom stereocenters. The zero-order chi connectivity index (χ0) is 22.0. The van der Waals surface area contributed by atoms with Gasteiger partial charge in [0.05, 0.1) is 11.7 Å². The van der Waals surface area contributed by atoms with Gasteiger partial charge in [0.1, 0.15) is 9.88 Å². The fraction of sp³-hybridized carbons (Fsp3) is 0.261. The predicted octanol–water partition coefficient (Wildman–Crippen LogP) is 4.47. The van der Waals surface area contributed by atoms with Crippen LogP contribution in [0.25, 0.3) is 10.6 Å². The number of benzene rings is 2. The second-order valence-corrected chi connectivity index (χ2v) is 9.02. The van der Waals surface area contributed by atoms with Crippen molar-refractivity contribution in [2.45, 2.75) is 32.4 Å². The van der Waals surface area contributed by atoms with Crippen LogP contribution >= 0.6 is 22.9 Å². The van der Waals surface area contributed by atoms with E-state index in [1.807, 2.05) is 43.3 Å². The van der Waals surface area contributed by atoms with E-state index in [1.165, 1.54) is 11.3 Å². The Morgan fingerprint density at radius 3 is 2.71 bits per heavy atom. The molecule has 1 saturated heterocycles. The minimum Gasteiger partial charge on any atom is -0.368 e. The second kappa shape index (κ2) is 9.18. The average molecular weight is 455 g/mol. The van der Waals surface area contributed by atoms with Gasteiger partial charge in [-0.25, -0.2) is 4.98 Å². The summed E-state index contributed by atoms with van der Waals surface area (Å²) in [6, 6.07) is 14.8. The molecule has 0 bridgehead atoms. The topological polar surface area (TPSA) is 88.3 Å². The van der Waals surface area contributed by atoms with Crippen molar-refractivity contribution >= 4 is 40.4 Å². The van der Waals surface area contributed by atoms with E-state index >= 15 is 0 Å². The van der Waals surface area contributed by atoms with Gasteiger partial charge in [-0.15, -0.1) is 11.3 Å². The van der Waals surface area contributed by atoms with Crippen molar-refractivity contribution < 1.29 is 9.59 Å². The van der Waals surface area contributed by atoms with E-state index in [0.717, 1.165) is 41.2 Å². The molecule has 31 heavy (non-hydrogen) atoms. The fourth-order valence-corrected chi connectivity index (χ4v) is 4.93. The van der Waals surface area contributed by atoms with Crippen molar-refractivity contribution in [1.29, 1.82) is 0 Å². The number of carbonyl (C=O) groups is 2. The molecular weight excluding hydrogens is 432 g/mol. The van der Waals surface area contributed by atoms with Crippen LogP contribution in [0.2, 0.25) is 5.02 Å². The van der Waals surface area contributed by atoms with Crippen LogP contribution in [-0.4, -0.2) is 34.3 Å². The normalized spacial score (nSPS) is 16.4. The number of halogens is 1. The maximum Gasteiger partial charge on any atom is 0.267 e. The van der Waals surface area contributed by atoms with Gasteiger partial charge in [-0.1, -0.05) is 41.9 Å². The van der Waals surface area contributed by atoms with Crippen molar-refractivity contribution in [1.82, 2.24) is 9.88 Å². The summed E-state index contributed by atoms with van der Waals surface area (Å²) in [5.41, 5.74) is 8.82. The fourth-order valence-electron chi connectivity index (χ4n) is 3.84. The highest BCUT2D eigenvalue weighted by Gasteiger charge is 2.29. The first-order valence-corrected chi connectivity index (χ1v) is 11.3. The number of anilines is 1. The Balaban J connectivity index is 1.53. The number of thiazole rings is 1. The van der Waals surface area contributed by atoms with Gasteiger partial charge in [-0.3, -0.25) is 14.5 Å². The van der Waals surface area contributed by atoms with Crippen LogP contribution in [0.1, 0.15) is 33.8 Å². The summed E-state index contributed by atoms with van der Waals surface area (Å²) in [7, 11) is 0. The maximum atomic E-state index is 13.0. The van der Waals surface area contributed by atoms with Gasteiger partial charge in [-0.2, -0.15) is 0 Å². The molecule has 1 aliphatic rings. The number of primary amides is 1. The summed E-state index contributed by atoms with van der Waals surface area (Å²) in [5.74, 6) is -0.496. The van der Waals surface area contributed by atoms with Crippen LogP contribution in [0.3, 0.4) is 0 Å². The summed E-state index contributed by atoms with van der Waals surface area (Å²) < 4.78 is 0. The molecule has 0 saturated carbocycles. The van der Waals surface area contributed by atoms with Crippen LogP contribution in [0, 0.1) is 6.92 Å². The number of likely N-dealkylation sites (tertiary alicyclic amines) is 1. The number of para-hydroxylation sites is 1. The Morgan fingerprint density at radius 2 is 1.97 bits per heavy atom. The molecule has 1 aliphatic heterocycles. The lowest BCUT2D eigenvalue weighted by Gasteiger charge is -2.23. The lowest BCUT2D eigenvalue weighted by molar-refractivity contribution is -0.122. The molecule has 0 aliphatic carbocycles. The van der Waals surface area contributed by atoms with Gasteiger partial charge in [0.25, 0.3) is 5.91 Å². The zero-order valence-corrected chi connectivity index (χ0v) is 18.7. The lowest BCUT2D eigenvalue weighted by atomic mass is 10.1. The third-order valence-corrected chi connectivity index (χ3v) is 6.88. The molecule has 1 aromatic heterocycles. The molecule has 1 unspecified atom stereocenters. The SMILES string of the molecule is Cc1nc(-c2ccc(Cl)cc2)sc1C(=O)Nc1ccccc1CN1CCCC1C(N)=O. The number of nitrogens with two attached hydrogens (primary N) is 1. The van der Waals surface area contributed by atoms with E-state index in [1.54, 1.807) is 12.1 Å². The third-order valence-electron chi connectivity index (χ3n) is 5.43. The number of carbonyl (C=O) groups excluding carboxylic acids is 2. The Morgan fingerprint density at radius 1 is 1.23 bits per heavy atom. The van der Waals surface area contributed by atoms with Crippen molar-refractivity contribution in [3.8, 4) is 10.6 Å². The highest BCUT2D eigenvalue weighted by atomic mass is 35.5. The first-order chi connectivity index (χ1) is 14.9. The Kier molecular flexibility index (Phi) is 6.36. The van der Waals surface area contributed by atoms with Gasteiger partial charge >= 0.3 is 0 Å². The van der Waals surface area contributed by atoms with Crippen LogP contribution in [0.5, 0.6) is 0 Å². The quantitative estimate of drug-likeness (QED) is 0.575. The largest absolute Gasteiger partial charge is 0.368 e. The number of aryl methyl sites for hydroxylation is 1. The number of hydrogen-bond acceptors (Lipinski definition) is 5. The molecule has 2 heterocycles. The molecule has 2 amide bonds. The molecule has 0 radical (unpaired) electrons. The molecule has 3 N–H and O–H groups in total. The minimum absolute atomic E-state index is 0.199. The zero-order valence-electron chi connectivity index (χ0n) is 17.1. The Hall–Kier alpha value is -2.74. The highest BCUT2D eigenvalue weighted by Crippen LogP contribution is 2.30. The summed E-state index contributed by atoms with van der Waals surface area (Å²) in [6.07, 6.45) is 1.72. The first kappa shape index (κ1) is 21.5. The van der Waals surface area contributed by atoms with E-state index < -0.39 is 0 Å². The van der Waals surface area contributed by atoms with E-state index in [9.17, 15) is 9.59 Å². The molecule has 160 valence electrons. The van der Waals surface area contributed by atoms with Crippen LogP contribution in [0.15, 0.2) is 48.5 Å². The van der Waals surface area contributed by atoms with Crippen LogP contribution in [-0.2, 0) is 11.3 Å². The summed E-state index contributed by atoms with van der Waals surface area (Å²) >= 11 is 7.32. The van der Waals surface area contributed by atoms with E-state index in [0.29, 0.717) is 22.1 Å². The standard InChI is InChI=1S/C23H23ClN4O2S/c1-14-20(31-23(26-14)15-8-10-17(24)11-9-15)22(30)27-18-6-3-2-5-16(18)13-28-12-4-7-19(28)21(25)29/h2-3,5-6,8-11,19H,4,7,12-13H2,1H3,(H2,25,29)(H,27,30). The number of hydrogen-bond donors (Lipinski definition) is 2. The average Bonchev–Trinajstić information content (AvgIpc) is 3.37. The number of nitrogens with zero attached hydrogens (tertiary/aromatic N) is 2. The maximum absolute atomic E-state index is 13.0. The summed E-state index contributed by atoms with van der Waals surface area (Å²) in [6.45, 7) is 3.20. The number of nitrogens with one attached hydrogen (secondary N) is 1. The van der Waals surface area contributed by atoms with Crippen molar-refractivity contribution in [2.24, 2.45) is 5.73 Å². The van der Waals surface area contributed by atoms with Crippen LogP contribution < -0.4 is 11.1 Å². The van der Waals surface area contributed by atoms with E-state index in [2.05, 4.69) is 15.2 Å². The van der Waals surface area contributed by atoms with Crippen molar-refractivity contribution in [3.63, 3.8) is 0 Å². The van der Waals surface area contributed by atoms with Gasteiger partial charge in [0.15, 0.2) is 0 Å². The number of amides is 2. The molecular formula is C23H23ClN4O2S. The Labute approximate surface area is 190 Å². The first-order valence-electron chi connectivity index (χ1n) is 10.1. The monoisotopic (exact) mass is 454 g/mol. The molecule has 2 aromatic carbocycles. The number of rotatable bonds is 6. The highest BCUT2D eigenvalue weighted by molar-refractivity contribution is 7.17. The van der Waals surface area contributed by atoms with Gasteiger partial charge in [-0.05, 0) is 50.1 Å². The third kappa shape index (κ3) is 4.79. The smallest absolute Gasteiger partial charge is 0.267 e. The van der Waals surface area contributed by atoms with Gasteiger partial charge in [0, 0.05) is 22.8 Å². The van der Waals surface area contributed by atoms with E-state index in [4.69, 9.17) is 17.3 Å². The molecule has 0 spiro atoms. The van der Waals surface area contributed by atoms with E-state index in [-0.39, 0.29) is 17.9 Å². The molecule has 1 fully saturated rings. The molecule has 6 nitrogen and oxygen atoms in total. The number of aromatic nitrogens is 1. The van der Waals surface area contributed by atoms with Gasteiger partial charge in [0.2, 0.25) is 5.91 Å². The predicted molar refractivity (Wildman–Crippen MR) is 124 cm³/mol. The molecule has 3 aromatic rings. The van der Waals surface area contributed by atoms with Gasteiger partial charge < -0.3 is 11.1 Å². The van der Waals surface area contributed by atoms with Crippen molar-refractivity contribution in [2.75, 3.05) is 11.9 Å². The summed E-state index contributed by atoms with van der Waals surface area (Å²) in [4.78, 5) is 32.0. The minimum atomic E-state index is -0.297. The second-order valence-electron chi connectivity index (χ2n) is 7.58. The molecule has 4 rings (SSSR count).